The van der Waals surface area contributed by atoms with Crippen molar-refractivity contribution in [3.8, 4) is 0 Å². The fourth-order valence-corrected chi connectivity index (χ4v) is 3.22. The molecule has 2 saturated heterocycles. The van der Waals surface area contributed by atoms with E-state index < -0.39 is 0 Å². The van der Waals surface area contributed by atoms with Crippen LogP contribution in [0, 0.1) is 6.92 Å². The van der Waals surface area contributed by atoms with Crippen molar-refractivity contribution in [3.05, 3.63) is 35.4 Å². The van der Waals surface area contributed by atoms with Crippen molar-refractivity contribution >= 4 is 5.91 Å². The Bertz CT molecular complexity index is 483. The Hall–Kier alpha value is -1.39. The molecular weight excluding hydrogens is 252 g/mol. The number of amides is 1. The van der Waals surface area contributed by atoms with E-state index in [1.807, 2.05) is 11.0 Å². The second kappa shape index (κ2) is 5.94. The maximum atomic E-state index is 12.7. The molecule has 3 rings (SSSR count). The molecule has 2 aliphatic heterocycles. The van der Waals surface area contributed by atoms with Crippen molar-refractivity contribution in [1.29, 1.82) is 0 Å². The molecule has 0 spiro atoms. The molecule has 0 aliphatic carbocycles. The molecule has 0 bridgehead atoms. The predicted molar refractivity (Wildman–Crippen MR) is 77.5 cm³/mol. The van der Waals surface area contributed by atoms with Crippen LogP contribution in [0.5, 0.6) is 0 Å². The van der Waals surface area contributed by atoms with Crippen LogP contribution in [0.25, 0.3) is 0 Å². The third kappa shape index (κ3) is 2.58. The van der Waals surface area contributed by atoms with Crippen molar-refractivity contribution in [2.24, 2.45) is 0 Å². The molecule has 4 nitrogen and oxygen atoms in total. The van der Waals surface area contributed by atoms with Crippen LogP contribution >= 0.6 is 0 Å². The number of ether oxygens (including phenoxy) is 1. The van der Waals surface area contributed by atoms with Crippen molar-refractivity contribution < 1.29 is 9.53 Å². The number of likely N-dealkylation sites (tertiary alicyclic amines) is 1. The minimum absolute atomic E-state index is 0.142. The van der Waals surface area contributed by atoms with Gasteiger partial charge >= 0.3 is 0 Å². The third-order valence-corrected chi connectivity index (χ3v) is 4.29. The van der Waals surface area contributed by atoms with E-state index >= 15 is 0 Å². The maximum absolute atomic E-state index is 12.7. The van der Waals surface area contributed by atoms with Crippen LogP contribution in [-0.4, -0.2) is 43.2 Å². The van der Waals surface area contributed by atoms with Crippen LogP contribution < -0.4 is 5.32 Å². The number of carbonyl (C=O) groups is 1. The Balaban J connectivity index is 1.78. The smallest absolute Gasteiger partial charge is 0.253 e. The number of hydrogen-bond acceptors (Lipinski definition) is 3. The standard InChI is InChI=1S/C16H22N2O2/c1-12-5-2-3-6-13(12)14-7-4-9-18(14)16(19)15-11-17-8-10-20-15/h2-3,5-6,14-15,17H,4,7-11H2,1H3/t14-,15-/m0/s1. The summed E-state index contributed by atoms with van der Waals surface area (Å²) in [6.07, 6.45) is 1.81. The lowest BCUT2D eigenvalue weighted by Gasteiger charge is -2.31. The number of aryl methyl sites for hydroxylation is 1. The highest BCUT2D eigenvalue weighted by Crippen LogP contribution is 2.34. The topological polar surface area (TPSA) is 41.6 Å². The lowest BCUT2D eigenvalue weighted by Crippen LogP contribution is -2.49. The van der Waals surface area contributed by atoms with E-state index in [9.17, 15) is 4.79 Å². The van der Waals surface area contributed by atoms with Gasteiger partial charge < -0.3 is 15.0 Å². The molecule has 1 aromatic carbocycles. The van der Waals surface area contributed by atoms with E-state index in [2.05, 4.69) is 30.4 Å². The Labute approximate surface area is 120 Å². The van der Waals surface area contributed by atoms with Crippen molar-refractivity contribution in [3.63, 3.8) is 0 Å². The predicted octanol–water partition coefficient (Wildman–Crippen LogP) is 1.65. The Morgan fingerprint density at radius 2 is 2.25 bits per heavy atom. The highest BCUT2D eigenvalue weighted by molar-refractivity contribution is 5.82. The second-order valence-electron chi connectivity index (χ2n) is 5.61. The zero-order chi connectivity index (χ0) is 13.9. The first-order valence-corrected chi connectivity index (χ1v) is 7.45. The minimum Gasteiger partial charge on any atom is -0.366 e. The fourth-order valence-electron chi connectivity index (χ4n) is 3.22. The van der Waals surface area contributed by atoms with Gasteiger partial charge in [-0.15, -0.1) is 0 Å². The van der Waals surface area contributed by atoms with Gasteiger partial charge in [-0.25, -0.2) is 0 Å². The van der Waals surface area contributed by atoms with Crippen LogP contribution in [0.1, 0.15) is 30.0 Å². The monoisotopic (exact) mass is 274 g/mol. The molecule has 0 aromatic heterocycles. The number of morpholine rings is 1. The highest BCUT2D eigenvalue weighted by atomic mass is 16.5. The molecule has 2 heterocycles. The van der Waals surface area contributed by atoms with Gasteiger partial charge in [-0.1, -0.05) is 24.3 Å². The van der Waals surface area contributed by atoms with Gasteiger partial charge in [-0.3, -0.25) is 4.79 Å². The summed E-state index contributed by atoms with van der Waals surface area (Å²) in [4.78, 5) is 14.7. The van der Waals surface area contributed by atoms with Crippen molar-refractivity contribution in [2.45, 2.75) is 31.9 Å². The number of carbonyl (C=O) groups excluding carboxylic acids is 1. The molecule has 0 radical (unpaired) electrons. The van der Waals surface area contributed by atoms with Gasteiger partial charge in [0.05, 0.1) is 12.6 Å². The van der Waals surface area contributed by atoms with E-state index in [-0.39, 0.29) is 18.1 Å². The summed E-state index contributed by atoms with van der Waals surface area (Å²) in [5, 5.41) is 3.23. The summed E-state index contributed by atoms with van der Waals surface area (Å²) in [5.41, 5.74) is 2.54. The largest absolute Gasteiger partial charge is 0.366 e. The Morgan fingerprint density at radius 3 is 3.00 bits per heavy atom. The maximum Gasteiger partial charge on any atom is 0.253 e. The van der Waals surface area contributed by atoms with E-state index in [1.165, 1.54) is 11.1 Å². The summed E-state index contributed by atoms with van der Waals surface area (Å²) in [5.74, 6) is 0.142. The zero-order valence-electron chi connectivity index (χ0n) is 12.0. The molecule has 0 unspecified atom stereocenters. The molecule has 108 valence electrons. The van der Waals surface area contributed by atoms with E-state index in [0.29, 0.717) is 13.2 Å². The van der Waals surface area contributed by atoms with Gasteiger partial charge in [0.25, 0.3) is 5.91 Å². The van der Waals surface area contributed by atoms with Crippen LogP contribution in [0.3, 0.4) is 0 Å². The molecular formula is C16H22N2O2. The molecule has 2 fully saturated rings. The molecule has 4 heteroatoms. The summed E-state index contributed by atoms with van der Waals surface area (Å²) in [6.45, 7) is 5.06. The van der Waals surface area contributed by atoms with Crippen LogP contribution in [0.15, 0.2) is 24.3 Å². The summed E-state index contributed by atoms with van der Waals surface area (Å²) < 4.78 is 5.61. The third-order valence-electron chi connectivity index (χ3n) is 4.29. The number of benzene rings is 1. The number of hydrogen-bond donors (Lipinski definition) is 1. The first-order valence-electron chi connectivity index (χ1n) is 7.45. The van der Waals surface area contributed by atoms with Gasteiger partial charge in [-0.05, 0) is 30.9 Å². The summed E-state index contributed by atoms with van der Waals surface area (Å²) in [6, 6.07) is 8.59. The van der Waals surface area contributed by atoms with E-state index in [0.717, 1.165) is 25.9 Å². The first-order chi connectivity index (χ1) is 9.77. The molecule has 2 atom stereocenters. The molecule has 2 aliphatic rings. The number of nitrogens with zero attached hydrogens (tertiary/aromatic N) is 1. The van der Waals surface area contributed by atoms with Gasteiger partial charge in [-0.2, -0.15) is 0 Å². The van der Waals surface area contributed by atoms with Crippen LogP contribution in [0.2, 0.25) is 0 Å². The number of nitrogens with one attached hydrogen (secondary N) is 1. The normalized spacial score (nSPS) is 26.8. The van der Waals surface area contributed by atoms with E-state index in [1.54, 1.807) is 0 Å². The zero-order valence-corrected chi connectivity index (χ0v) is 12.0. The quantitative estimate of drug-likeness (QED) is 0.891. The van der Waals surface area contributed by atoms with Crippen LogP contribution in [0.4, 0.5) is 0 Å². The first kappa shape index (κ1) is 13.6. The molecule has 1 amide bonds. The van der Waals surface area contributed by atoms with Gasteiger partial charge in [0, 0.05) is 19.6 Å². The average molecular weight is 274 g/mol. The van der Waals surface area contributed by atoms with Gasteiger partial charge in [0.2, 0.25) is 0 Å². The Kier molecular flexibility index (Phi) is 4.03. The average Bonchev–Trinajstić information content (AvgIpc) is 2.97. The second-order valence-corrected chi connectivity index (χ2v) is 5.61. The van der Waals surface area contributed by atoms with Crippen molar-refractivity contribution in [1.82, 2.24) is 10.2 Å². The molecule has 1 aromatic rings. The molecule has 20 heavy (non-hydrogen) atoms. The lowest BCUT2D eigenvalue weighted by molar-refractivity contribution is -0.146. The Morgan fingerprint density at radius 1 is 1.40 bits per heavy atom. The molecule has 1 N–H and O–H groups in total. The van der Waals surface area contributed by atoms with E-state index in [4.69, 9.17) is 4.74 Å². The number of rotatable bonds is 2. The van der Waals surface area contributed by atoms with Gasteiger partial charge in [0.15, 0.2) is 0 Å². The minimum atomic E-state index is -0.312. The van der Waals surface area contributed by atoms with Crippen LogP contribution in [-0.2, 0) is 9.53 Å². The van der Waals surface area contributed by atoms with Crippen molar-refractivity contribution in [2.75, 3.05) is 26.2 Å². The highest BCUT2D eigenvalue weighted by Gasteiger charge is 2.35. The lowest BCUT2D eigenvalue weighted by atomic mass is 9.99. The SMILES string of the molecule is Cc1ccccc1[C@@H]1CCCN1C(=O)[C@@H]1CNCCO1. The summed E-state index contributed by atoms with van der Waals surface area (Å²) in [7, 11) is 0. The summed E-state index contributed by atoms with van der Waals surface area (Å²) >= 11 is 0. The van der Waals surface area contributed by atoms with Gasteiger partial charge in [0.1, 0.15) is 6.10 Å². The fraction of sp³-hybridized carbons (Fsp3) is 0.562. The molecule has 0 saturated carbocycles.